The average molecular weight is 189 g/mol. The van der Waals surface area contributed by atoms with E-state index in [1.54, 1.807) is 5.38 Å². The Morgan fingerprint density at radius 1 is 1.67 bits per heavy atom. The molecule has 0 saturated heterocycles. The third-order valence-corrected chi connectivity index (χ3v) is 1.96. The largest absolute Gasteiger partial charge is 0.279 e. The van der Waals surface area contributed by atoms with Crippen LogP contribution >= 0.6 is 11.3 Å². The van der Waals surface area contributed by atoms with Gasteiger partial charge < -0.3 is 0 Å². The van der Waals surface area contributed by atoms with E-state index in [0.717, 1.165) is 0 Å². The van der Waals surface area contributed by atoms with Gasteiger partial charge in [-0.1, -0.05) is 5.11 Å². The summed E-state index contributed by atoms with van der Waals surface area (Å²) in [6, 6.07) is 1.32. The summed E-state index contributed by atoms with van der Waals surface area (Å²) < 4.78 is 25.8. The second kappa shape index (κ2) is 3.51. The van der Waals surface area contributed by atoms with Gasteiger partial charge in [-0.05, 0) is 22.4 Å². The summed E-state index contributed by atoms with van der Waals surface area (Å²) in [4.78, 5) is 2.28. The number of hydrogen-bond acceptors (Lipinski definition) is 2. The van der Waals surface area contributed by atoms with Crippen LogP contribution in [0, 0.1) is 0 Å². The van der Waals surface area contributed by atoms with Crippen molar-refractivity contribution in [2.75, 3.05) is 6.54 Å². The average Bonchev–Trinajstić information content (AvgIpc) is 2.53. The lowest BCUT2D eigenvalue weighted by Crippen LogP contribution is -2.15. The molecule has 64 valence electrons. The summed E-state index contributed by atoms with van der Waals surface area (Å²) in [6.45, 7) is -0.819. The van der Waals surface area contributed by atoms with Crippen LogP contribution in [0.5, 0.6) is 0 Å². The van der Waals surface area contributed by atoms with Crippen molar-refractivity contribution in [2.45, 2.75) is 5.92 Å². The highest BCUT2D eigenvalue weighted by atomic mass is 32.1. The van der Waals surface area contributed by atoms with Crippen LogP contribution in [-0.4, -0.2) is 6.54 Å². The fourth-order valence-electron chi connectivity index (χ4n) is 0.684. The molecule has 3 nitrogen and oxygen atoms in total. The van der Waals surface area contributed by atoms with Gasteiger partial charge in [0.25, 0.3) is 5.92 Å². The van der Waals surface area contributed by atoms with Crippen LogP contribution in [0.1, 0.15) is 5.56 Å². The molecule has 0 N–H and O–H groups in total. The van der Waals surface area contributed by atoms with Crippen molar-refractivity contribution in [3.05, 3.63) is 32.8 Å². The Morgan fingerprint density at radius 2 is 2.42 bits per heavy atom. The molecule has 0 aliphatic rings. The Hall–Kier alpha value is -1.13. The number of nitrogens with zero attached hydrogens (tertiary/aromatic N) is 3. The van der Waals surface area contributed by atoms with E-state index in [2.05, 4.69) is 10.0 Å². The minimum absolute atomic E-state index is 0.0973. The van der Waals surface area contributed by atoms with E-state index >= 15 is 0 Å². The van der Waals surface area contributed by atoms with Gasteiger partial charge in [0.1, 0.15) is 0 Å². The second-order valence-corrected chi connectivity index (χ2v) is 2.89. The number of alkyl halides is 2. The zero-order chi connectivity index (χ0) is 9.03. The Kier molecular flexibility index (Phi) is 2.62. The minimum atomic E-state index is -3.04. The van der Waals surface area contributed by atoms with Gasteiger partial charge in [-0.2, -0.15) is 11.3 Å². The van der Waals surface area contributed by atoms with E-state index in [9.17, 15) is 8.78 Å². The SMILES string of the molecule is [N-]=[N+]=NCC(F)(F)c1ccsc1. The first kappa shape index (κ1) is 8.96. The summed E-state index contributed by atoms with van der Waals surface area (Å²) in [5.74, 6) is -3.04. The van der Waals surface area contributed by atoms with Crippen LogP contribution in [0.3, 0.4) is 0 Å². The smallest absolute Gasteiger partial charge is 0.201 e. The van der Waals surface area contributed by atoms with Crippen molar-refractivity contribution in [3.63, 3.8) is 0 Å². The summed E-state index contributed by atoms with van der Waals surface area (Å²) in [7, 11) is 0. The maximum Gasteiger partial charge on any atom is 0.279 e. The first-order chi connectivity index (χ1) is 5.67. The molecule has 0 spiro atoms. The Bertz CT molecular complexity index is 290. The number of thiophene rings is 1. The zero-order valence-corrected chi connectivity index (χ0v) is 6.76. The molecule has 0 radical (unpaired) electrons. The fraction of sp³-hybridized carbons (Fsp3) is 0.333. The lowest BCUT2D eigenvalue weighted by atomic mass is 10.2. The van der Waals surface area contributed by atoms with Crippen molar-refractivity contribution in [3.8, 4) is 0 Å². The fourth-order valence-corrected chi connectivity index (χ4v) is 1.39. The monoisotopic (exact) mass is 189 g/mol. The maximum absolute atomic E-state index is 12.9. The van der Waals surface area contributed by atoms with Gasteiger partial charge in [0, 0.05) is 10.5 Å². The van der Waals surface area contributed by atoms with Crippen LogP contribution in [0.15, 0.2) is 21.9 Å². The van der Waals surface area contributed by atoms with Crippen molar-refractivity contribution in [1.82, 2.24) is 0 Å². The summed E-state index contributed by atoms with van der Waals surface area (Å²) in [5.41, 5.74) is 7.76. The molecule has 0 aliphatic carbocycles. The number of halogens is 2. The third-order valence-electron chi connectivity index (χ3n) is 1.28. The Labute approximate surface area is 71.3 Å². The third kappa shape index (κ3) is 1.93. The molecule has 0 unspecified atom stereocenters. The van der Waals surface area contributed by atoms with Crippen molar-refractivity contribution in [2.24, 2.45) is 5.11 Å². The molecule has 1 rings (SSSR count). The standard InChI is InChI=1S/C6H5F2N3S/c7-6(8,4-10-11-9)5-1-2-12-3-5/h1-3H,4H2. The maximum atomic E-state index is 12.9. The topological polar surface area (TPSA) is 48.8 Å². The van der Waals surface area contributed by atoms with Gasteiger partial charge in [-0.25, -0.2) is 8.78 Å². The van der Waals surface area contributed by atoms with E-state index in [1.807, 2.05) is 0 Å². The van der Waals surface area contributed by atoms with Crippen LogP contribution < -0.4 is 0 Å². The molecule has 0 fully saturated rings. The molecule has 1 aromatic heterocycles. The molecule has 6 heteroatoms. The Morgan fingerprint density at radius 3 is 2.92 bits per heavy atom. The van der Waals surface area contributed by atoms with Crippen LogP contribution in [0.2, 0.25) is 0 Å². The quantitative estimate of drug-likeness (QED) is 0.398. The van der Waals surface area contributed by atoms with Gasteiger partial charge >= 0.3 is 0 Å². The molecule has 1 aromatic rings. The van der Waals surface area contributed by atoms with Crippen molar-refractivity contribution >= 4 is 11.3 Å². The summed E-state index contributed by atoms with van der Waals surface area (Å²) in [5, 5.41) is 5.73. The number of rotatable bonds is 3. The molecular formula is C6H5F2N3S. The van der Waals surface area contributed by atoms with Crippen LogP contribution in [0.25, 0.3) is 10.4 Å². The van der Waals surface area contributed by atoms with E-state index in [0.29, 0.717) is 0 Å². The molecule has 0 aromatic carbocycles. The molecule has 0 bridgehead atoms. The molecule has 0 amide bonds. The van der Waals surface area contributed by atoms with Crippen LogP contribution in [-0.2, 0) is 5.92 Å². The van der Waals surface area contributed by atoms with E-state index < -0.39 is 12.5 Å². The second-order valence-electron chi connectivity index (χ2n) is 2.11. The van der Waals surface area contributed by atoms with Gasteiger partial charge in [0.2, 0.25) is 0 Å². The van der Waals surface area contributed by atoms with Gasteiger partial charge in [-0.3, -0.25) is 0 Å². The number of azide groups is 1. The first-order valence-corrected chi connectivity index (χ1v) is 4.02. The first-order valence-electron chi connectivity index (χ1n) is 3.08. The predicted molar refractivity (Wildman–Crippen MR) is 42.2 cm³/mol. The van der Waals surface area contributed by atoms with Gasteiger partial charge in [-0.15, -0.1) is 0 Å². The van der Waals surface area contributed by atoms with E-state index in [4.69, 9.17) is 5.53 Å². The van der Waals surface area contributed by atoms with E-state index in [-0.39, 0.29) is 5.56 Å². The Balaban J connectivity index is 2.78. The molecule has 0 aliphatic heterocycles. The normalized spacial score (nSPS) is 10.8. The van der Waals surface area contributed by atoms with Crippen molar-refractivity contribution in [1.29, 1.82) is 0 Å². The highest BCUT2D eigenvalue weighted by Gasteiger charge is 2.30. The van der Waals surface area contributed by atoms with Crippen LogP contribution in [0.4, 0.5) is 8.78 Å². The zero-order valence-electron chi connectivity index (χ0n) is 5.94. The minimum Gasteiger partial charge on any atom is -0.201 e. The predicted octanol–water partition coefficient (Wildman–Crippen LogP) is 3.15. The molecular weight excluding hydrogens is 184 g/mol. The number of hydrogen-bond donors (Lipinski definition) is 0. The molecule has 12 heavy (non-hydrogen) atoms. The lowest BCUT2D eigenvalue weighted by Gasteiger charge is -2.10. The lowest BCUT2D eigenvalue weighted by molar-refractivity contribution is 0.00655. The molecule has 0 saturated carbocycles. The van der Waals surface area contributed by atoms with Gasteiger partial charge in [0.15, 0.2) is 0 Å². The highest BCUT2D eigenvalue weighted by molar-refractivity contribution is 7.08. The molecule has 1 heterocycles. The van der Waals surface area contributed by atoms with Crippen molar-refractivity contribution < 1.29 is 8.78 Å². The molecule has 0 atom stereocenters. The van der Waals surface area contributed by atoms with E-state index in [1.165, 1.54) is 22.8 Å². The summed E-state index contributed by atoms with van der Waals surface area (Å²) in [6.07, 6.45) is 0. The highest BCUT2D eigenvalue weighted by Crippen LogP contribution is 2.29. The van der Waals surface area contributed by atoms with Gasteiger partial charge in [0.05, 0.1) is 6.54 Å². The summed E-state index contributed by atoms with van der Waals surface area (Å²) >= 11 is 1.19.